The number of ether oxygens (including phenoxy) is 1. The Labute approximate surface area is 200 Å². The van der Waals surface area contributed by atoms with Crippen LogP contribution in [-0.4, -0.2) is 49.7 Å². The van der Waals surface area contributed by atoms with Crippen molar-refractivity contribution >= 4 is 27.1 Å². The fourth-order valence-electron chi connectivity index (χ4n) is 4.50. The summed E-state index contributed by atoms with van der Waals surface area (Å²) in [5, 5.41) is 15.7. The number of nitrogens with one attached hydrogen (secondary N) is 1. The smallest absolute Gasteiger partial charge is 0.270 e. The van der Waals surface area contributed by atoms with Crippen LogP contribution in [0.25, 0.3) is 0 Å². The van der Waals surface area contributed by atoms with Gasteiger partial charge in [-0.05, 0) is 42.9 Å². The van der Waals surface area contributed by atoms with Crippen molar-refractivity contribution in [2.24, 2.45) is 5.10 Å². The molecule has 0 unspecified atom stereocenters. The molecule has 1 aliphatic heterocycles. The first-order chi connectivity index (χ1) is 16.4. The van der Waals surface area contributed by atoms with Crippen LogP contribution in [0.5, 0.6) is 0 Å². The molecule has 2 aromatic rings. The maximum Gasteiger partial charge on any atom is 0.270 e. The maximum atomic E-state index is 13.2. The molecule has 9 nitrogen and oxygen atoms in total. The number of nitro benzene ring substituents is 1. The lowest BCUT2D eigenvalue weighted by atomic mass is 9.84. The first-order valence-electron chi connectivity index (χ1n) is 11.6. The number of nitrogens with zero attached hydrogens (tertiary/aromatic N) is 3. The van der Waals surface area contributed by atoms with Gasteiger partial charge in [-0.1, -0.05) is 43.5 Å². The van der Waals surface area contributed by atoms with Gasteiger partial charge in [-0.25, -0.2) is 8.42 Å². The van der Waals surface area contributed by atoms with E-state index in [4.69, 9.17) is 4.74 Å². The molecule has 0 bridgehead atoms. The molecule has 1 heterocycles. The third-order valence-corrected chi connectivity index (χ3v) is 8.45. The number of anilines is 1. The number of rotatable bonds is 7. The van der Waals surface area contributed by atoms with Gasteiger partial charge in [-0.2, -0.15) is 9.41 Å². The minimum Gasteiger partial charge on any atom is -0.379 e. The lowest BCUT2D eigenvalue weighted by molar-refractivity contribution is -0.385. The Kier molecular flexibility index (Phi) is 7.60. The molecule has 34 heavy (non-hydrogen) atoms. The molecule has 2 fully saturated rings. The first kappa shape index (κ1) is 24.3. The highest BCUT2D eigenvalue weighted by molar-refractivity contribution is 7.89. The van der Waals surface area contributed by atoms with Crippen molar-refractivity contribution in [2.75, 3.05) is 31.7 Å². The molecule has 182 valence electrons. The van der Waals surface area contributed by atoms with Crippen molar-refractivity contribution in [1.82, 2.24) is 4.31 Å². The molecule has 1 saturated heterocycles. The molecule has 2 aromatic carbocycles. The van der Waals surface area contributed by atoms with Gasteiger partial charge in [0.1, 0.15) is 4.90 Å². The molecule has 0 aromatic heterocycles. The van der Waals surface area contributed by atoms with Gasteiger partial charge < -0.3 is 4.74 Å². The Morgan fingerprint density at radius 3 is 2.41 bits per heavy atom. The predicted molar refractivity (Wildman–Crippen MR) is 131 cm³/mol. The quantitative estimate of drug-likeness (QED) is 0.350. The second-order valence-corrected chi connectivity index (χ2v) is 10.6. The van der Waals surface area contributed by atoms with E-state index in [-0.39, 0.29) is 42.6 Å². The lowest BCUT2D eigenvalue weighted by Gasteiger charge is -2.26. The second kappa shape index (κ2) is 10.6. The number of benzene rings is 2. The Morgan fingerprint density at radius 1 is 1.09 bits per heavy atom. The van der Waals surface area contributed by atoms with Gasteiger partial charge in [0.25, 0.3) is 5.69 Å². The summed E-state index contributed by atoms with van der Waals surface area (Å²) in [4.78, 5) is 10.5. The zero-order valence-corrected chi connectivity index (χ0v) is 20.1. The van der Waals surface area contributed by atoms with E-state index in [1.165, 1.54) is 54.1 Å². The summed E-state index contributed by atoms with van der Waals surface area (Å²) in [5.41, 5.74) is 5.68. The van der Waals surface area contributed by atoms with Crippen LogP contribution in [0.2, 0.25) is 0 Å². The number of hydrazone groups is 1. The number of nitro groups is 1. The van der Waals surface area contributed by atoms with Crippen molar-refractivity contribution in [3.8, 4) is 0 Å². The number of hydrogen-bond acceptors (Lipinski definition) is 7. The highest BCUT2D eigenvalue weighted by atomic mass is 32.2. The van der Waals surface area contributed by atoms with Gasteiger partial charge in [0.05, 0.1) is 29.5 Å². The van der Waals surface area contributed by atoms with Crippen molar-refractivity contribution in [2.45, 2.75) is 49.8 Å². The SMILES string of the molecule is C/C(=N/Nc1ccc([N+](=O)[O-])cc1S(=O)(=O)N1CCOCC1)c1ccc(C2CCCCC2)cc1. The summed E-state index contributed by atoms with van der Waals surface area (Å²) in [7, 11) is -3.96. The minimum atomic E-state index is -3.96. The summed E-state index contributed by atoms with van der Waals surface area (Å²) in [5.74, 6) is 0.617. The van der Waals surface area contributed by atoms with Crippen LogP contribution in [0.1, 0.15) is 56.1 Å². The Bertz CT molecular complexity index is 1150. The number of non-ortho nitro benzene ring substituents is 1. The fraction of sp³-hybridized carbons (Fsp3) is 0.458. The maximum absolute atomic E-state index is 13.2. The molecule has 0 radical (unpaired) electrons. The van der Waals surface area contributed by atoms with E-state index in [0.717, 1.165) is 11.6 Å². The minimum absolute atomic E-state index is 0.173. The molecule has 0 spiro atoms. The van der Waals surface area contributed by atoms with Gasteiger partial charge >= 0.3 is 0 Å². The number of sulfonamides is 1. The Hall–Kier alpha value is -2.82. The molecule has 1 aliphatic carbocycles. The summed E-state index contributed by atoms with van der Waals surface area (Å²) in [6, 6.07) is 12.1. The Balaban J connectivity index is 1.57. The van der Waals surface area contributed by atoms with Crippen LogP contribution in [0, 0.1) is 10.1 Å². The van der Waals surface area contributed by atoms with Gasteiger partial charge in [0.15, 0.2) is 0 Å². The van der Waals surface area contributed by atoms with Crippen LogP contribution in [0.3, 0.4) is 0 Å². The molecule has 1 N–H and O–H groups in total. The Morgan fingerprint density at radius 2 is 1.76 bits per heavy atom. The van der Waals surface area contributed by atoms with Crippen LogP contribution in [-0.2, 0) is 14.8 Å². The standard InChI is InChI=1S/C24H30N4O5S/c1-18(19-7-9-21(10-8-19)20-5-3-2-4-6-20)25-26-23-12-11-22(28(29)30)17-24(23)34(31,32)27-13-15-33-16-14-27/h7-12,17,20,26H,2-6,13-16H2,1H3/b25-18-. The van der Waals surface area contributed by atoms with Gasteiger partial charge in [-0.15, -0.1) is 0 Å². The average Bonchev–Trinajstić information content (AvgIpc) is 2.88. The zero-order chi connectivity index (χ0) is 24.1. The lowest BCUT2D eigenvalue weighted by Crippen LogP contribution is -2.40. The molecular weight excluding hydrogens is 456 g/mol. The van der Waals surface area contributed by atoms with E-state index in [0.29, 0.717) is 11.6 Å². The van der Waals surface area contributed by atoms with Crippen molar-refractivity contribution in [3.63, 3.8) is 0 Å². The molecule has 0 atom stereocenters. The molecular formula is C24H30N4O5S. The molecule has 0 amide bonds. The van der Waals surface area contributed by atoms with Crippen LogP contribution in [0.15, 0.2) is 52.5 Å². The highest BCUT2D eigenvalue weighted by Crippen LogP contribution is 2.33. The highest BCUT2D eigenvalue weighted by Gasteiger charge is 2.30. The molecule has 4 rings (SSSR count). The molecule has 10 heteroatoms. The fourth-order valence-corrected chi connectivity index (χ4v) is 6.07. The van der Waals surface area contributed by atoms with E-state index >= 15 is 0 Å². The summed E-state index contributed by atoms with van der Waals surface area (Å²) in [6.07, 6.45) is 6.34. The topological polar surface area (TPSA) is 114 Å². The van der Waals surface area contributed by atoms with E-state index in [2.05, 4.69) is 22.7 Å². The van der Waals surface area contributed by atoms with Crippen LogP contribution >= 0.6 is 0 Å². The van der Waals surface area contributed by atoms with Crippen LogP contribution < -0.4 is 5.43 Å². The first-order valence-corrected chi connectivity index (χ1v) is 13.1. The van der Waals surface area contributed by atoms with Crippen molar-refractivity contribution in [1.29, 1.82) is 0 Å². The predicted octanol–water partition coefficient (Wildman–Crippen LogP) is 4.50. The van der Waals surface area contributed by atoms with Gasteiger partial charge in [-0.3, -0.25) is 15.5 Å². The van der Waals surface area contributed by atoms with E-state index in [1.807, 2.05) is 19.1 Å². The second-order valence-electron chi connectivity index (χ2n) is 8.72. The largest absolute Gasteiger partial charge is 0.379 e. The third kappa shape index (κ3) is 5.45. The third-order valence-electron chi connectivity index (χ3n) is 6.51. The van der Waals surface area contributed by atoms with Gasteiger partial charge in [0, 0.05) is 25.2 Å². The van der Waals surface area contributed by atoms with E-state index < -0.39 is 14.9 Å². The monoisotopic (exact) mass is 486 g/mol. The number of morpholine rings is 1. The normalized spacial score (nSPS) is 18.6. The van der Waals surface area contributed by atoms with Crippen molar-refractivity contribution in [3.05, 3.63) is 63.7 Å². The summed E-state index contributed by atoms with van der Waals surface area (Å²) < 4.78 is 33.0. The van der Waals surface area contributed by atoms with Crippen LogP contribution in [0.4, 0.5) is 11.4 Å². The van der Waals surface area contributed by atoms with Crippen molar-refractivity contribution < 1.29 is 18.1 Å². The molecule has 1 saturated carbocycles. The number of hydrogen-bond donors (Lipinski definition) is 1. The summed E-state index contributed by atoms with van der Waals surface area (Å²) >= 11 is 0. The average molecular weight is 487 g/mol. The zero-order valence-electron chi connectivity index (χ0n) is 19.3. The van der Waals surface area contributed by atoms with E-state index in [1.54, 1.807) is 0 Å². The van der Waals surface area contributed by atoms with E-state index in [9.17, 15) is 18.5 Å². The molecule has 2 aliphatic rings. The van der Waals surface area contributed by atoms with Gasteiger partial charge in [0.2, 0.25) is 10.0 Å². The summed E-state index contributed by atoms with van der Waals surface area (Å²) in [6.45, 7) is 2.79.